The predicted molar refractivity (Wildman–Crippen MR) is 126 cm³/mol. The van der Waals surface area contributed by atoms with Gasteiger partial charge in [-0.25, -0.2) is 14.4 Å². The third-order valence-electron chi connectivity index (χ3n) is 5.14. The molecule has 1 heterocycles. The van der Waals surface area contributed by atoms with Gasteiger partial charge in [0.2, 0.25) is 0 Å². The predicted octanol–water partition coefficient (Wildman–Crippen LogP) is 4.41. The lowest BCUT2D eigenvalue weighted by molar-refractivity contribution is -0.165. The van der Waals surface area contributed by atoms with Crippen LogP contribution in [-0.2, 0) is 18.9 Å². The molecule has 0 amide bonds. The van der Waals surface area contributed by atoms with Crippen LogP contribution in [0.5, 0.6) is 0 Å². The van der Waals surface area contributed by atoms with Gasteiger partial charge in [-0.2, -0.15) is 0 Å². The highest BCUT2D eigenvalue weighted by molar-refractivity contribution is 9.09. The SMILES string of the molecule is O=C(O[C@H]1[C@H](OC(=O)c2ccccc2)C(Br)OC[C@H]1OC(=O)c1ccccc1)c1ccccc1. The summed E-state index contributed by atoms with van der Waals surface area (Å²) >= 11 is 3.35. The molecule has 0 aliphatic carbocycles. The topological polar surface area (TPSA) is 88.1 Å². The molecule has 0 saturated carbocycles. The molecule has 1 aliphatic rings. The minimum absolute atomic E-state index is 0.0688. The van der Waals surface area contributed by atoms with Gasteiger partial charge in [0.15, 0.2) is 23.3 Å². The van der Waals surface area contributed by atoms with Crippen molar-refractivity contribution in [3.63, 3.8) is 0 Å². The molecule has 7 nitrogen and oxygen atoms in total. The van der Waals surface area contributed by atoms with Crippen LogP contribution in [0.1, 0.15) is 31.1 Å². The van der Waals surface area contributed by atoms with Crippen molar-refractivity contribution in [2.75, 3.05) is 6.61 Å². The molecule has 0 spiro atoms. The fourth-order valence-electron chi connectivity index (χ4n) is 3.41. The van der Waals surface area contributed by atoms with Crippen molar-refractivity contribution in [2.24, 2.45) is 0 Å². The fraction of sp³-hybridized carbons (Fsp3) is 0.192. The maximum absolute atomic E-state index is 12.9. The minimum Gasteiger partial charge on any atom is -0.452 e. The highest BCUT2D eigenvalue weighted by Crippen LogP contribution is 2.29. The van der Waals surface area contributed by atoms with Crippen molar-refractivity contribution >= 4 is 33.8 Å². The summed E-state index contributed by atoms with van der Waals surface area (Å²) in [5.74, 6) is -1.89. The van der Waals surface area contributed by atoms with Crippen LogP contribution in [-0.4, -0.2) is 47.8 Å². The maximum atomic E-state index is 12.9. The van der Waals surface area contributed by atoms with E-state index in [0.29, 0.717) is 16.7 Å². The summed E-state index contributed by atoms with van der Waals surface area (Å²) in [6.07, 6.45) is -3.21. The molecule has 0 N–H and O–H groups in total. The third kappa shape index (κ3) is 5.70. The number of hydrogen-bond donors (Lipinski definition) is 0. The van der Waals surface area contributed by atoms with E-state index in [2.05, 4.69) is 15.9 Å². The summed E-state index contributed by atoms with van der Waals surface area (Å²) < 4.78 is 22.7. The summed E-state index contributed by atoms with van der Waals surface area (Å²) in [5.41, 5.74) is 0.953. The van der Waals surface area contributed by atoms with Crippen LogP contribution >= 0.6 is 15.9 Å². The Labute approximate surface area is 204 Å². The molecule has 4 rings (SSSR count). The number of carbonyl (C=O) groups is 3. The highest BCUT2D eigenvalue weighted by Gasteiger charge is 2.47. The number of carbonyl (C=O) groups excluding carboxylic acids is 3. The van der Waals surface area contributed by atoms with Crippen molar-refractivity contribution in [3.05, 3.63) is 108 Å². The number of alkyl halides is 1. The molecule has 1 fully saturated rings. The number of halogens is 1. The van der Waals surface area contributed by atoms with Crippen LogP contribution < -0.4 is 0 Å². The molecule has 4 atom stereocenters. The smallest absolute Gasteiger partial charge is 0.338 e. The van der Waals surface area contributed by atoms with Crippen molar-refractivity contribution in [1.82, 2.24) is 0 Å². The molecule has 1 aliphatic heterocycles. The summed E-state index contributed by atoms with van der Waals surface area (Å²) in [6.45, 7) is -0.0688. The Kier molecular flexibility index (Phi) is 7.72. The lowest BCUT2D eigenvalue weighted by Crippen LogP contribution is -2.56. The Hall–Kier alpha value is -3.49. The van der Waals surface area contributed by atoms with Gasteiger partial charge in [0.25, 0.3) is 0 Å². The molecule has 1 saturated heterocycles. The van der Waals surface area contributed by atoms with Crippen LogP contribution in [0.25, 0.3) is 0 Å². The van der Waals surface area contributed by atoms with Gasteiger partial charge < -0.3 is 18.9 Å². The van der Waals surface area contributed by atoms with Crippen molar-refractivity contribution in [2.45, 2.75) is 23.3 Å². The lowest BCUT2D eigenvalue weighted by atomic mass is 10.0. The first-order valence-corrected chi connectivity index (χ1v) is 11.5. The highest BCUT2D eigenvalue weighted by atomic mass is 79.9. The average Bonchev–Trinajstić information content (AvgIpc) is 2.89. The summed E-state index contributed by atoms with van der Waals surface area (Å²) in [6, 6.07) is 25.2. The van der Waals surface area contributed by atoms with Gasteiger partial charge in [-0.15, -0.1) is 0 Å². The van der Waals surface area contributed by atoms with Crippen LogP contribution in [0, 0.1) is 0 Å². The van der Waals surface area contributed by atoms with Crippen molar-refractivity contribution < 1.29 is 33.3 Å². The molecule has 0 aromatic heterocycles. The van der Waals surface area contributed by atoms with Crippen LogP contribution in [0.2, 0.25) is 0 Å². The second kappa shape index (κ2) is 11.1. The number of benzene rings is 3. The number of rotatable bonds is 6. The van der Waals surface area contributed by atoms with E-state index in [1.807, 2.05) is 0 Å². The number of ether oxygens (including phenoxy) is 4. The molecule has 0 bridgehead atoms. The van der Waals surface area contributed by atoms with E-state index < -0.39 is 41.2 Å². The Bertz CT molecular complexity index is 1120. The number of esters is 3. The first kappa shape index (κ1) is 23.7. The van der Waals surface area contributed by atoms with Gasteiger partial charge in [-0.3, -0.25) is 0 Å². The van der Waals surface area contributed by atoms with E-state index in [0.717, 1.165) is 0 Å². The van der Waals surface area contributed by atoms with E-state index in [-0.39, 0.29) is 6.61 Å². The molecule has 8 heteroatoms. The van der Waals surface area contributed by atoms with Crippen LogP contribution in [0.15, 0.2) is 91.0 Å². The van der Waals surface area contributed by atoms with Gasteiger partial charge in [0, 0.05) is 0 Å². The summed E-state index contributed by atoms with van der Waals surface area (Å²) in [4.78, 5) is 38.3. The largest absolute Gasteiger partial charge is 0.452 e. The maximum Gasteiger partial charge on any atom is 0.338 e. The Morgan fingerprint density at radius 2 is 1.00 bits per heavy atom. The molecular weight excluding hydrogens is 504 g/mol. The quantitative estimate of drug-likeness (QED) is 0.268. The van der Waals surface area contributed by atoms with Gasteiger partial charge >= 0.3 is 17.9 Å². The number of hydrogen-bond acceptors (Lipinski definition) is 7. The molecule has 1 unspecified atom stereocenters. The zero-order valence-corrected chi connectivity index (χ0v) is 19.5. The van der Waals surface area contributed by atoms with Crippen molar-refractivity contribution in [1.29, 1.82) is 0 Å². The summed E-state index contributed by atoms with van der Waals surface area (Å²) in [7, 11) is 0. The van der Waals surface area contributed by atoms with E-state index in [4.69, 9.17) is 18.9 Å². The standard InChI is InChI=1S/C26H21BrO7/c27-23-22(34-26(30)19-14-8-3-9-15-19)21(33-25(29)18-12-6-2-7-13-18)20(16-31-23)32-24(28)17-10-4-1-5-11-17/h1-15,20-23H,16H2/t20-,21-,22+,23?/m1/s1. The Morgan fingerprint density at radius 3 is 1.44 bits per heavy atom. The van der Waals surface area contributed by atoms with E-state index in [1.165, 1.54) is 0 Å². The zero-order chi connectivity index (χ0) is 23.9. The minimum atomic E-state index is -1.12. The van der Waals surface area contributed by atoms with E-state index in [9.17, 15) is 14.4 Å². The van der Waals surface area contributed by atoms with E-state index >= 15 is 0 Å². The normalized spacial score (nSPS) is 21.8. The van der Waals surface area contributed by atoms with Gasteiger partial charge in [0.1, 0.15) is 0 Å². The third-order valence-corrected chi connectivity index (χ3v) is 5.93. The van der Waals surface area contributed by atoms with Gasteiger partial charge in [-0.1, -0.05) is 70.5 Å². The first-order chi connectivity index (χ1) is 16.5. The van der Waals surface area contributed by atoms with Gasteiger partial charge in [0.05, 0.1) is 23.3 Å². The van der Waals surface area contributed by atoms with Crippen LogP contribution in [0.3, 0.4) is 0 Å². The lowest BCUT2D eigenvalue weighted by Gasteiger charge is -2.38. The monoisotopic (exact) mass is 524 g/mol. The first-order valence-electron chi connectivity index (χ1n) is 10.6. The molecule has 0 radical (unpaired) electrons. The second-order valence-corrected chi connectivity index (χ2v) is 8.37. The zero-order valence-electron chi connectivity index (χ0n) is 17.9. The molecule has 3 aromatic carbocycles. The fourth-order valence-corrected chi connectivity index (χ4v) is 3.97. The average molecular weight is 525 g/mol. The Balaban J connectivity index is 1.59. The Morgan fingerprint density at radius 1 is 0.618 bits per heavy atom. The molecule has 174 valence electrons. The van der Waals surface area contributed by atoms with Crippen molar-refractivity contribution in [3.8, 4) is 0 Å². The van der Waals surface area contributed by atoms with E-state index in [1.54, 1.807) is 91.0 Å². The van der Waals surface area contributed by atoms with Crippen LogP contribution in [0.4, 0.5) is 0 Å². The van der Waals surface area contributed by atoms with Gasteiger partial charge in [-0.05, 0) is 36.4 Å². The molecule has 34 heavy (non-hydrogen) atoms. The molecular formula is C26H21BrO7. The second-order valence-electron chi connectivity index (χ2n) is 7.47. The summed E-state index contributed by atoms with van der Waals surface area (Å²) in [5, 5.41) is -0.791. The molecule has 3 aromatic rings.